The maximum Gasteiger partial charge on any atom is 0.254 e. The van der Waals surface area contributed by atoms with Gasteiger partial charge < -0.3 is 14.4 Å². The minimum absolute atomic E-state index is 0.0409. The van der Waals surface area contributed by atoms with Crippen LogP contribution in [0, 0.1) is 0 Å². The quantitative estimate of drug-likeness (QED) is 0.632. The number of likely N-dealkylation sites (N-methyl/N-ethyl adjacent to an activating group) is 1. The van der Waals surface area contributed by atoms with Gasteiger partial charge in [-0.2, -0.15) is 0 Å². The molecule has 2 unspecified atom stereocenters. The van der Waals surface area contributed by atoms with Crippen LogP contribution in [0.5, 0.6) is 5.75 Å². The summed E-state index contributed by atoms with van der Waals surface area (Å²) in [6.45, 7) is 1.30. The van der Waals surface area contributed by atoms with Gasteiger partial charge in [0.25, 0.3) is 5.91 Å². The van der Waals surface area contributed by atoms with Crippen LogP contribution in [0.4, 0.5) is 0 Å². The van der Waals surface area contributed by atoms with Gasteiger partial charge in [-0.1, -0.05) is 29.8 Å². The molecular formula is C25H28ClNO4. The molecule has 164 valence electrons. The van der Waals surface area contributed by atoms with Crippen LogP contribution in [-0.4, -0.2) is 43.0 Å². The summed E-state index contributed by atoms with van der Waals surface area (Å²) in [7, 11) is 1.71. The Hall–Kier alpha value is -2.37. The molecule has 2 aromatic rings. The van der Waals surface area contributed by atoms with Gasteiger partial charge in [-0.05, 0) is 62.4 Å². The molecule has 5 nitrogen and oxygen atoms in total. The first-order valence-corrected chi connectivity index (χ1v) is 11.3. The number of halogens is 1. The molecule has 4 rings (SSSR count). The van der Waals surface area contributed by atoms with E-state index in [2.05, 4.69) is 0 Å². The van der Waals surface area contributed by atoms with Crippen molar-refractivity contribution < 1.29 is 19.1 Å². The van der Waals surface area contributed by atoms with Crippen molar-refractivity contribution >= 4 is 23.3 Å². The molecule has 2 aliphatic rings. The number of amides is 1. The topological polar surface area (TPSA) is 55.8 Å². The predicted molar refractivity (Wildman–Crippen MR) is 120 cm³/mol. The Morgan fingerprint density at radius 2 is 1.94 bits per heavy atom. The Morgan fingerprint density at radius 1 is 1.16 bits per heavy atom. The molecule has 1 saturated carbocycles. The number of carbonyl (C=O) groups is 2. The molecule has 0 spiro atoms. The van der Waals surface area contributed by atoms with Gasteiger partial charge in [-0.3, -0.25) is 9.59 Å². The Balaban J connectivity index is 1.56. The third-order valence-electron chi connectivity index (χ3n) is 6.41. The van der Waals surface area contributed by atoms with E-state index in [4.69, 9.17) is 21.1 Å². The average molecular weight is 442 g/mol. The van der Waals surface area contributed by atoms with Crippen LogP contribution >= 0.6 is 11.6 Å². The number of rotatable bonds is 6. The number of ether oxygens (including phenoxy) is 2. The zero-order valence-corrected chi connectivity index (χ0v) is 18.6. The normalized spacial score (nSPS) is 23.5. The summed E-state index contributed by atoms with van der Waals surface area (Å²) in [6, 6.07) is 14.4. The van der Waals surface area contributed by atoms with E-state index >= 15 is 0 Å². The number of hydrogen-bond donors (Lipinski definition) is 0. The lowest BCUT2D eigenvalue weighted by Gasteiger charge is -2.44. The zero-order chi connectivity index (χ0) is 21.8. The van der Waals surface area contributed by atoms with E-state index < -0.39 is 5.54 Å². The highest BCUT2D eigenvalue weighted by Gasteiger charge is 2.48. The van der Waals surface area contributed by atoms with Crippen LogP contribution in [0.15, 0.2) is 48.5 Å². The summed E-state index contributed by atoms with van der Waals surface area (Å²) in [6.07, 6.45) is 4.94. The molecule has 0 bridgehead atoms. The van der Waals surface area contributed by atoms with Crippen LogP contribution in [0.1, 0.15) is 54.4 Å². The smallest absolute Gasteiger partial charge is 0.254 e. The summed E-state index contributed by atoms with van der Waals surface area (Å²) in [5, 5.41) is 0.510. The molecule has 0 radical (unpaired) electrons. The highest BCUT2D eigenvalue weighted by molar-refractivity contribution is 6.31. The minimum Gasteiger partial charge on any atom is -0.491 e. The molecule has 2 aromatic carbocycles. The molecular weight excluding hydrogens is 414 g/mol. The molecule has 0 aromatic heterocycles. The highest BCUT2D eigenvalue weighted by Crippen LogP contribution is 2.42. The maximum atomic E-state index is 13.4. The molecule has 6 heteroatoms. The van der Waals surface area contributed by atoms with E-state index in [9.17, 15) is 9.59 Å². The first-order chi connectivity index (χ1) is 15.0. The van der Waals surface area contributed by atoms with Gasteiger partial charge in [0, 0.05) is 36.2 Å². The van der Waals surface area contributed by atoms with Crippen molar-refractivity contribution in [1.29, 1.82) is 0 Å². The number of carbonyl (C=O) groups excluding carboxylic acids is 2. The van der Waals surface area contributed by atoms with Crippen molar-refractivity contribution in [3.8, 4) is 5.75 Å². The zero-order valence-electron chi connectivity index (χ0n) is 17.8. The first kappa shape index (κ1) is 21.8. The standard InChI is InChI=1S/C25H28ClNO4/c1-27(25(15-5-4-10-23(25)28)21-8-2-3-9-22(21)26)24(29)18-11-13-19(14-12-18)31-17-20-7-6-16-30-20/h2-3,8-9,11-14,20H,4-7,10,15-17H2,1H3. The maximum absolute atomic E-state index is 13.4. The van der Waals surface area contributed by atoms with E-state index in [1.54, 1.807) is 42.3 Å². The van der Waals surface area contributed by atoms with Gasteiger partial charge in [-0.25, -0.2) is 0 Å². The molecule has 2 atom stereocenters. The molecule has 1 amide bonds. The second-order valence-electron chi connectivity index (χ2n) is 8.30. The molecule has 1 heterocycles. The van der Waals surface area contributed by atoms with E-state index in [0.29, 0.717) is 41.3 Å². The molecule has 1 aliphatic heterocycles. The summed E-state index contributed by atoms with van der Waals surface area (Å²) in [4.78, 5) is 28.2. The van der Waals surface area contributed by atoms with Crippen LogP contribution in [-0.2, 0) is 15.1 Å². The monoisotopic (exact) mass is 441 g/mol. The Bertz CT molecular complexity index is 939. The van der Waals surface area contributed by atoms with Gasteiger partial charge in [-0.15, -0.1) is 0 Å². The number of Topliss-reactive ketones (excluding diaryl/α,β-unsaturated/α-hetero) is 1. The summed E-state index contributed by atoms with van der Waals surface area (Å²) in [5.41, 5.74) is 0.174. The predicted octanol–water partition coefficient (Wildman–Crippen LogP) is 5.01. The van der Waals surface area contributed by atoms with E-state index in [1.807, 2.05) is 18.2 Å². The summed E-state index contributed by atoms with van der Waals surface area (Å²) in [5.74, 6) is 0.532. The number of benzene rings is 2. The SMILES string of the molecule is CN(C(=O)c1ccc(OCC2CCCO2)cc1)C1(c2ccccc2Cl)CCCCC1=O. The average Bonchev–Trinajstić information content (AvgIpc) is 3.32. The third kappa shape index (κ3) is 4.35. The fourth-order valence-electron chi connectivity index (χ4n) is 4.66. The van der Waals surface area contributed by atoms with E-state index in [1.165, 1.54) is 0 Å². The van der Waals surface area contributed by atoms with Gasteiger partial charge in [0.05, 0.1) is 6.10 Å². The first-order valence-electron chi connectivity index (χ1n) is 10.9. The Kier molecular flexibility index (Phi) is 6.63. The van der Waals surface area contributed by atoms with Gasteiger partial charge >= 0.3 is 0 Å². The van der Waals surface area contributed by atoms with Crippen molar-refractivity contribution in [2.24, 2.45) is 0 Å². The lowest BCUT2D eigenvalue weighted by molar-refractivity contribution is -0.132. The fourth-order valence-corrected chi connectivity index (χ4v) is 4.95. The number of hydrogen-bond acceptors (Lipinski definition) is 4. The molecule has 31 heavy (non-hydrogen) atoms. The van der Waals surface area contributed by atoms with E-state index in [-0.39, 0.29) is 17.8 Å². The lowest BCUT2D eigenvalue weighted by atomic mass is 9.74. The van der Waals surface area contributed by atoms with Gasteiger partial charge in [0.2, 0.25) is 0 Å². The Morgan fingerprint density at radius 3 is 2.61 bits per heavy atom. The number of ketones is 1. The minimum atomic E-state index is -1.04. The van der Waals surface area contributed by atoms with Crippen LogP contribution in [0.3, 0.4) is 0 Å². The number of nitrogens with zero attached hydrogens (tertiary/aromatic N) is 1. The second kappa shape index (κ2) is 9.41. The Labute approximate surface area is 188 Å². The lowest BCUT2D eigenvalue weighted by Crippen LogP contribution is -2.54. The molecule has 0 N–H and O–H groups in total. The van der Waals surface area contributed by atoms with Crippen molar-refractivity contribution in [1.82, 2.24) is 4.90 Å². The van der Waals surface area contributed by atoms with Gasteiger partial charge in [0.1, 0.15) is 17.9 Å². The van der Waals surface area contributed by atoms with Crippen molar-refractivity contribution in [3.63, 3.8) is 0 Å². The highest BCUT2D eigenvalue weighted by atomic mass is 35.5. The van der Waals surface area contributed by atoms with Crippen molar-refractivity contribution in [2.45, 2.75) is 50.2 Å². The molecule has 1 saturated heterocycles. The largest absolute Gasteiger partial charge is 0.491 e. The van der Waals surface area contributed by atoms with Crippen molar-refractivity contribution in [2.75, 3.05) is 20.3 Å². The van der Waals surface area contributed by atoms with Crippen molar-refractivity contribution in [3.05, 3.63) is 64.7 Å². The van der Waals surface area contributed by atoms with E-state index in [0.717, 1.165) is 32.3 Å². The summed E-state index contributed by atoms with van der Waals surface area (Å²) < 4.78 is 11.4. The van der Waals surface area contributed by atoms with Crippen LogP contribution in [0.2, 0.25) is 5.02 Å². The summed E-state index contributed by atoms with van der Waals surface area (Å²) >= 11 is 6.50. The van der Waals surface area contributed by atoms with Gasteiger partial charge in [0.15, 0.2) is 5.78 Å². The fraction of sp³-hybridized carbons (Fsp3) is 0.440. The molecule has 2 fully saturated rings. The van der Waals surface area contributed by atoms with Crippen LogP contribution in [0.25, 0.3) is 0 Å². The molecule has 1 aliphatic carbocycles. The van der Waals surface area contributed by atoms with Crippen LogP contribution < -0.4 is 4.74 Å². The second-order valence-corrected chi connectivity index (χ2v) is 8.71. The third-order valence-corrected chi connectivity index (χ3v) is 6.74.